The molecule has 0 radical (unpaired) electrons. The van der Waals surface area contributed by atoms with Crippen LogP contribution in [0.25, 0.3) is 5.69 Å². The van der Waals surface area contributed by atoms with Gasteiger partial charge in [0.05, 0.1) is 11.4 Å². The van der Waals surface area contributed by atoms with Gasteiger partial charge in [-0.25, -0.2) is 4.68 Å². The molecule has 0 unspecified atom stereocenters. The van der Waals surface area contributed by atoms with Crippen LogP contribution in [0, 0.1) is 0 Å². The first-order chi connectivity index (χ1) is 12.0. The molecule has 0 aliphatic carbocycles. The summed E-state index contributed by atoms with van der Waals surface area (Å²) < 4.78 is 7.21. The van der Waals surface area contributed by atoms with Crippen LogP contribution in [0.3, 0.4) is 0 Å². The molecule has 0 aliphatic heterocycles. The Bertz CT molecular complexity index is 975. The lowest BCUT2D eigenvalue weighted by Gasteiger charge is -2.00. The molecule has 1 N–H and O–H groups in total. The van der Waals surface area contributed by atoms with Gasteiger partial charge in [-0.05, 0) is 36.4 Å². The third-order valence-electron chi connectivity index (χ3n) is 3.19. The Labute approximate surface area is 151 Å². The number of ether oxygens (including phenoxy) is 1. The molecule has 0 bridgehead atoms. The van der Waals surface area contributed by atoms with Gasteiger partial charge in [0.2, 0.25) is 11.6 Å². The maximum absolute atomic E-state index is 12.6. The van der Waals surface area contributed by atoms with E-state index in [1.807, 2.05) is 6.07 Å². The van der Waals surface area contributed by atoms with Crippen LogP contribution in [0.2, 0.25) is 0 Å². The van der Waals surface area contributed by atoms with E-state index < -0.39 is 11.5 Å². The lowest BCUT2D eigenvalue weighted by atomic mass is 10.3. The third-order valence-corrected chi connectivity index (χ3v) is 3.72. The van der Waals surface area contributed by atoms with Gasteiger partial charge < -0.3 is 4.74 Å². The number of carbonyl (C=O) groups is 1. The summed E-state index contributed by atoms with van der Waals surface area (Å²) in [6.07, 6.45) is 0. The molecule has 8 heteroatoms. The fraction of sp³-hybridized carbons (Fsp3) is 0.0588. The van der Waals surface area contributed by atoms with Crippen LogP contribution in [0.4, 0.5) is 11.4 Å². The van der Waals surface area contributed by atoms with Gasteiger partial charge in [0.25, 0.3) is 0 Å². The average molecular weight is 401 g/mol. The van der Waals surface area contributed by atoms with E-state index in [-0.39, 0.29) is 11.6 Å². The van der Waals surface area contributed by atoms with Gasteiger partial charge in [0, 0.05) is 11.4 Å². The van der Waals surface area contributed by atoms with Crippen molar-refractivity contribution in [1.29, 1.82) is 0 Å². The van der Waals surface area contributed by atoms with Gasteiger partial charge in [-0.15, -0.1) is 5.11 Å². The summed E-state index contributed by atoms with van der Waals surface area (Å²) in [6, 6.07) is 16.0. The quantitative estimate of drug-likeness (QED) is 0.523. The summed E-state index contributed by atoms with van der Waals surface area (Å²) in [5.41, 5.74) is 0.597. The van der Waals surface area contributed by atoms with E-state index in [1.165, 1.54) is 11.6 Å². The fourth-order valence-electron chi connectivity index (χ4n) is 2.09. The summed E-state index contributed by atoms with van der Waals surface area (Å²) in [5.74, 6) is -0.622. The molecule has 1 aromatic heterocycles. The highest BCUT2D eigenvalue weighted by molar-refractivity contribution is 9.10. The Morgan fingerprint density at radius 1 is 1.08 bits per heavy atom. The van der Waals surface area contributed by atoms with E-state index in [0.29, 0.717) is 11.4 Å². The third kappa shape index (κ3) is 3.92. The van der Waals surface area contributed by atoms with E-state index in [0.717, 1.165) is 4.47 Å². The number of aromatic amines is 1. The lowest BCUT2D eigenvalue weighted by Crippen LogP contribution is -2.13. The molecule has 0 saturated carbocycles. The van der Waals surface area contributed by atoms with Crippen LogP contribution in [-0.2, 0) is 4.79 Å². The lowest BCUT2D eigenvalue weighted by molar-refractivity contribution is -0.132. The van der Waals surface area contributed by atoms with Crippen molar-refractivity contribution < 1.29 is 9.53 Å². The highest BCUT2D eigenvalue weighted by Gasteiger charge is 2.18. The summed E-state index contributed by atoms with van der Waals surface area (Å²) in [6.45, 7) is 1.24. The van der Waals surface area contributed by atoms with E-state index in [1.54, 1.807) is 48.5 Å². The molecule has 0 spiro atoms. The molecule has 0 aliphatic rings. The monoisotopic (exact) mass is 400 g/mol. The van der Waals surface area contributed by atoms with Crippen molar-refractivity contribution >= 4 is 33.3 Å². The van der Waals surface area contributed by atoms with Crippen molar-refractivity contribution in [3.8, 4) is 11.6 Å². The number of aromatic nitrogens is 2. The predicted octanol–water partition coefficient (Wildman–Crippen LogP) is 4.27. The summed E-state index contributed by atoms with van der Waals surface area (Å²) in [5, 5.41) is 10.7. The summed E-state index contributed by atoms with van der Waals surface area (Å²) in [4.78, 5) is 23.9. The van der Waals surface area contributed by atoms with Crippen LogP contribution in [0.1, 0.15) is 6.92 Å². The zero-order chi connectivity index (χ0) is 17.8. The number of halogens is 1. The van der Waals surface area contributed by atoms with Gasteiger partial charge in [-0.3, -0.25) is 14.7 Å². The topological polar surface area (TPSA) is 88.8 Å². The smallest absolute Gasteiger partial charge is 0.309 e. The second-order valence-corrected chi connectivity index (χ2v) is 5.95. The number of hydrogen-bond donors (Lipinski definition) is 1. The molecule has 25 heavy (non-hydrogen) atoms. The van der Waals surface area contributed by atoms with Crippen molar-refractivity contribution in [1.82, 2.24) is 9.78 Å². The number of rotatable bonds is 4. The molecule has 0 saturated heterocycles. The normalized spacial score (nSPS) is 11.0. The maximum Gasteiger partial charge on any atom is 0.309 e. The highest BCUT2D eigenvalue weighted by atomic mass is 79.9. The van der Waals surface area contributed by atoms with Crippen LogP contribution in [-0.4, -0.2) is 15.7 Å². The van der Waals surface area contributed by atoms with Crippen LogP contribution >= 0.6 is 15.9 Å². The Morgan fingerprint density at radius 2 is 1.76 bits per heavy atom. The average Bonchev–Trinajstić information content (AvgIpc) is 2.90. The minimum absolute atomic E-state index is 0.0535. The molecule has 2 aromatic carbocycles. The Hall–Kier alpha value is -3.00. The number of H-pyrrole nitrogens is 1. The Kier molecular flexibility index (Phi) is 4.90. The molecular formula is C17H13BrN4O3. The molecule has 0 fully saturated rings. The molecule has 3 rings (SSSR count). The number of carbonyl (C=O) groups excluding carboxylic acids is 1. The molecule has 0 atom stereocenters. The van der Waals surface area contributed by atoms with Gasteiger partial charge in [-0.1, -0.05) is 34.1 Å². The number of nitrogens with zero attached hydrogens (tertiary/aromatic N) is 3. The highest BCUT2D eigenvalue weighted by Crippen LogP contribution is 2.25. The molecule has 0 amide bonds. The van der Waals surface area contributed by atoms with Crippen LogP contribution in [0.15, 0.2) is 74.1 Å². The van der Waals surface area contributed by atoms with Gasteiger partial charge in [0.15, 0.2) is 0 Å². The first kappa shape index (κ1) is 16.8. The number of para-hydroxylation sites is 1. The number of azo groups is 1. The van der Waals surface area contributed by atoms with Gasteiger partial charge in [0.1, 0.15) is 0 Å². The minimum Gasteiger partial charge on any atom is -0.406 e. The zero-order valence-corrected chi connectivity index (χ0v) is 14.7. The van der Waals surface area contributed by atoms with E-state index in [9.17, 15) is 9.59 Å². The molecule has 126 valence electrons. The zero-order valence-electron chi connectivity index (χ0n) is 13.1. The SMILES string of the molecule is CC(=O)Oc1[nH]n(-c2ccccc2)c(=O)c1N=Nc1ccc(Br)cc1. The van der Waals surface area contributed by atoms with Crippen molar-refractivity contribution in [3.63, 3.8) is 0 Å². The first-order valence-corrected chi connectivity index (χ1v) is 8.10. The summed E-state index contributed by atoms with van der Waals surface area (Å²) in [7, 11) is 0. The minimum atomic E-state index is -0.568. The molecule has 3 aromatic rings. The van der Waals surface area contributed by atoms with Crippen LogP contribution < -0.4 is 10.3 Å². The molecule has 7 nitrogen and oxygen atoms in total. The maximum atomic E-state index is 12.6. The number of esters is 1. The second-order valence-electron chi connectivity index (χ2n) is 5.04. The van der Waals surface area contributed by atoms with E-state index >= 15 is 0 Å². The standard InChI is InChI=1S/C17H13BrN4O3/c1-11(23)25-16-15(20-19-13-9-7-12(18)8-10-13)17(24)22(21-16)14-5-3-2-4-6-14/h2-10,21H,1H3. The van der Waals surface area contributed by atoms with Crippen molar-refractivity contribution in [2.45, 2.75) is 6.92 Å². The molecule has 1 heterocycles. The van der Waals surface area contributed by atoms with Crippen LogP contribution in [0.5, 0.6) is 5.88 Å². The fourth-order valence-corrected chi connectivity index (χ4v) is 2.35. The van der Waals surface area contributed by atoms with E-state index in [4.69, 9.17) is 4.74 Å². The predicted molar refractivity (Wildman–Crippen MR) is 96.0 cm³/mol. The number of nitrogens with one attached hydrogen (secondary N) is 1. The second kappa shape index (κ2) is 7.27. The van der Waals surface area contributed by atoms with Gasteiger partial charge in [-0.2, -0.15) is 5.11 Å². The van der Waals surface area contributed by atoms with Gasteiger partial charge >= 0.3 is 11.5 Å². The Morgan fingerprint density at radius 3 is 2.40 bits per heavy atom. The first-order valence-electron chi connectivity index (χ1n) is 7.31. The molecular weight excluding hydrogens is 388 g/mol. The number of benzene rings is 2. The van der Waals surface area contributed by atoms with Crippen molar-refractivity contribution in [2.24, 2.45) is 10.2 Å². The number of hydrogen-bond acceptors (Lipinski definition) is 5. The van der Waals surface area contributed by atoms with Crippen molar-refractivity contribution in [2.75, 3.05) is 0 Å². The van der Waals surface area contributed by atoms with Crippen molar-refractivity contribution in [3.05, 3.63) is 69.4 Å². The van der Waals surface area contributed by atoms with E-state index in [2.05, 4.69) is 31.3 Å². The Balaban J connectivity index is 2.04. The summed E-state index contributed by atoms with van der Waals surface area (Å²) >= 11 is 3.33. The largest absolute Gasteiger partial charge is 0.406 e.